The molecule has 4 rings (SSSR count). The van der Waals surface area contributed by atoms with E-state index in [0.29, 0.717) is 5.92 Å². The van der Waals surface area contributed by atoms with Gasteiger partial charge in [-0.05, 0) is 12.8 Å². The minimum Gasteiger partial charge on any atom is -0.295 e. The first kappa shape index (κ1) is 12.8. The van der Waals surface area contributed by atoms with Gasteiger partial charge in [0.15, 0.2) is 5.65 Å². The predicted octanol–water partition coefficient (Wildman–Crippen LogP) is 4.72. The van der Waals surface area contributed by atoms with Crippen LogP contribution in [0.5, 0.6) is 0 Å². The third-order valence-corrected chi connectivity index (χ3v) is 4.64. The molecule has 0 spiro atoms. The van der Waals surface area contributed by atoms with Gasteiger partial charge in [0.2, 0.25) is 0 Å². The van der Waals surface area contributed by atoms with E-state index >= 15 is 0 Å². The summed E-state index contributed by atoms with van der Waals surface area (Å²) in [6, 6.07) is 14.3. The molecule has 1 aliphatic rings. The van der Waals surface area contributed by atoms with Crippen molar-refractivity contribution >= 4 is 17.9 Å². The van der Waals surface area contributed by atoms with Crippen LogP contribution >= 0.6 is 12.2 Å². The number of benzene rings is 1. The molecule has 0 atom stereocenters. The first-order valence-electron chi connectivity index (χ1n) is 7.49. The van der Waals surface area contributed by atoms with Crippen LogP contribution in [0.4, 0.5) is 0 Å². The molecule has 2 aromatic heterocycles. The topological polar surface area (TPSA) is 33.1 Å². The molecule has 1 aromatic carbocycles. The Labute approximate surface area is 128 Å². The minimum atomic E-state index is 0.640. The molecule has 0 radical (unpaired) electrons. The molecular weight excluding hydrogens is 278 g/mol. The van der Waals surface area contributed by atoms with Crippen molar-refractivity contribution in [1.82, 2.24) is 14.6 Å². The van der Waals surface area contributed by atoms with Crippen molar-refractivity contribution in [3.05, 3.63) is 52.8 Å². The number of fused-ring (bicyclic) bond motifs is 1. The van der Waals surface area contributed by atoms with E-state index in [9.17, 15) is 0 Å². The lowest BCUT2D eigenvalue weighted by Gasteiger charge is -2.04. The normalized spacial score (nSPS) is 15.8. The SMILES string of the molecule is S=c1cc(-c2ccccc2)nc2cc(C3CCCC3)[nH]n12. The summed E-state index contributed by atoms with van der Waals surface area (Å²) in [5, 5.41) is 3.43. The number of hydrogen-bond donors (Lipinski definition) is 1. The van der Waals surface area contributed by atoms with Gasteiger partial charge >= 0.3 is 0 Å². The lowest BCUT2D eigenvalue weighted by Crippen LogP contribution is -1.96. The molecule has 3 aromatic rings. The summed E-state index contributed by atoms with van der Waals surface area (Å²) in [7, 11) is 0. The van der Waals surface area contributed by atoms with Crippen molar-refractivity contribution in [3.8, 4) is 11.3 Å². The Morgan fingerprint density at radius 1 is 1.10 bits per heavy atom. The van der Waals surface area contributed by atoms with E-state index in [4.69, 9.17) is 17.2 Å². The van der Waals surface area contributed by atoms with E-state index in [-0.39, 0.29) is 0 Å². The van der Waals surface area contributed by atoms with E-state index in [2.05, 4.69) is 23.3 Å². The van der Waals surface area contributed by atoms with Crippen LogP contribution < -0.4 is 0 Å². The first-order valence-corrected chi connectivity index (χ1v) is 7.90. The van der Waals surface area contributed by atoms with E-state index in [1.165, 1.54) is 31.4 Å². The van der Waals surface area contributed by atoms with Gasteiger partial charge in [0.1, 0.15) is 4.64 Å². The van der Waals surface area contributed by atoms with Gasteiger partial charge < -0.3 is 0 Å². The highest BCUT2D eigenvalue weighted by molar-refractivity contribution is 7.71. The number of rotatable bonds is 2. The molecule has 0 saturated heterocycles. The number of aromatic amines is 1. The van der Waals surface area contributed by atoms with E-state index in [1.807, 2.05) is 28.8 Å². The summed E-state index contributed by atoms with van der Waals surface area (Å²) in [6.45, 7) is 0. The number of aromatic nitrogens is 3. The lowest BCUT2D eigenvalue weighted by molar-refractivity contribution is 0.683. The lowest BCUT2D eigenvalue weighted by atomic mass is 10.1. The highest BCUT2D eigenvalue weighted by Gasteiger charge is 2.19. The van der Waals surface area contributed by atoms with Gasteiger partial charge in [0.25, 0.3) is 0 Å². The maximum atomic E-state index is 5.52. The van der Waals surface area contributed by atoms with Crippen LogP contribution in [0.3, 0.4) is 0 Å². The molecule has 1 N–H and O–H groups in total. The molecule has 0 unspecified atom stereocenters. The number of nitrogens with one attached hydrogen (secondary N) is 1. The highest BCUT2D eigenvalue weighted by atomic mass is 32.1. The summed E-state index contributed by atoms with van der Waals surface area (Å²) < 4.78 is 2.71. The van der Waals surface area contributed by atoms with E-state index in [1.54, 1.807) is 0 Å². The minimum absolute atomic E-state index is 0.640. The zero-order valence-electron chi connectivity index (χ0n) is 11.7. The third-order valence-electron chi connectivity index (χ3n) is 4.33. The Kier molecular flexibility index (Phi) is 3.11. The zero-order chi connectivity index (χ0) is 14.2. The second kappa shape index (κ2) is 5.11. The summed E-state index contributed by atoms with van der Waals surface area (Å²) in [6.07, 6.45) is 5.19. The van der Waals surface area contributed by atoms with Crippen LogP contribution in [-0.4, -0.2) is 14.6 Å². The van der Waals surface area contributed by atoms with Crippen molar-refractivity contribution < 1.29 is 0 Å². The standard InChI is InChI=1S/C17H17N3S/c21-17-11-14(12-6-2-1-3-7-12)18-16-10-15(19-20(16)17)13-8-4-5-9-13/h1-3,6-7,10-11,13,19H,4-5,8-9H2. The molecule has 3 nitrogen and oxygen atoms in total. The molecule has 0 bridgehead atoms. The van der Waals surface area contributed by atoms with Crippen LogP contribution in [0.15, 0.2) is 42.5 Å². The number of hydrogen-bond acceptors (Lipinski definition) is 2. The second-order valence-electron chi connectivity index (χ2n) is 5.73. The fourth-order valence-electron chi connectivity index (χ4n) is 3.21. The second-order valence-corrected chi connectivity index (χ2v) is 6.15. The quantitative estimate of drug-likeness (QED) is 0.694. The van der Waals surface area contributed by atoms with Gasteiger partial charge in [-0.3, -0.25) is 5.10 Å². The Bertz CT molecular complexity index is 826. The van der Waals surface area contributed by atoms with Crippen molar-refractivity contribution in [2.75, 3.05) is 0 Å². The molecule has 1 aliphatic carbocycles. The van der Waals surface area contributed by atoms with Crippen LogP contribution in [0.2, 0.25) is 0 Å². The Balaban J connectivity index is 1.84. The number of H-pyrrole nitrogens is 1. The summed E-state index contributed by atoms with van der Waals surface area (Å²) >= 11 is 5.52. The third kappa shape index (κ3) is 2.29. The fraction of sp³-hybridized carbons (Fsp3) is 0.294. The van der Waals surface area contributed by atoms with Crippen molar-refractivity contribution in [2.45, 2.75) is 31.6 Å². The molecule has 1 fully saturated rings. The van der Waals surface area contributed by atoms with Gasteiger partial charge in [-0.2, -0.15) is 0 Å². The van der Waals surface area contributed by atoms with E-state index < -0.39 is 0 Å². The van der Waals surface area contributed by atoms with Crippen LogP contribution in [0.1, 0.15) is 37.3 Å². The monoisotopic (exact) mass is 295 g/mol. The maximum Gasteiger partial charge on any atom is 0.155 e. The van der Waals surface area contributed by atoms with Crippen molar-refractivity contribution in [3.63, 3.8) is 0 Å². The molecule has 4 heteroatoms. The largest absolute Gasteiger partial charge is 0.295 e. The first-order chi connectivity index (χ1) is 10.3. The average molecular weight is 295 g/mol. The molecule has 1 saturated carbocycles. The average Bonchev–Trinajstić information content (AvgIpc) is 3.17. The molecule has 0 amide bonds. The van der Waals surface area contributed by atoms with Crippen LogP contribution in [-0.2, 0) is 0 Å². The summed E-state index contributed by atoms with van der Waals surface area (Å²) in [5.41, 5.74) is 4.24. The molecular formula is C17H17N3S. The van der Waals surface area contributed by atoms with Crippen molar-refractivity contribution in [1.29, 1.82) is 0 Å². The maximum absolute atomic E-state index is 5.52. The molecule has 2 heterocycles. The Morgan fingerprint density at radius 3 is 2.62 bits per heavy atom. The highest BCUT2D eigenvalue weighted by Crippen LogP contribution is 2.33. The van der Waals surface area contributed by atoms with Crippen molar-refractivity contribution in [2.24, 2.45) is 0 Å². The smallest absolute Gasteiger partial charge is 0.155 e. The summed E-state index contributed by atoms with van der Waals surface area (Å²) in [4.78, 5) is 4.76. The van der Waals surface area contributed by atoms with Crippen LogP contribution in [0.25, 0.3) is 16.9 Å². The van der Waals surface area contributed by atoms with Gasteiger partial charge in [-0.15, -0.1) is 0 Å². The molecule has 0 aliphatic heterocycles. The van der Waals surface area contributed by atoms with E-state index in [0.717, 1.165) is 21.5 Å². The Morgan fingerprint density at radius 2 is 1.86 bits per heavy atom. The van der Waals surface area contributed by atoms with Gasteiger partial charge in [0, 0.05) is 29.3 Å². The van der Waals surface area contributed by atoms with Crippen LogP contribution in [0, 0.1) is 4.64 Å². The Hall–Kier alpha value is -1.94. The summed E-state index contributed by atoms with van der Waals surface area (Å²) in [5.74, 6) is 0.640. The van der Waals surface area contributed by atoms with Gasteiger partial charge in [0.05, 0.1) is 5.69 Å². The molecule has 106 valence electrons. The number of nitrogens with zero attached hydrogens (tertiary/aromatic N) is 2. The van der Waals surface area contributed by atoms with Gasteiger partial charge in [-0.1, -0.05) is 55.4 Å². The zero-order valence-corrected chi connectivity index (χ0v) is 12.6. The van der Waals surface area contributed by atoms with Gasteiger partial charge in [-0.25, -0.2) is 9.50 Å². The predicted molar refractivity (Wildman–Crippen MR) is 87.0 cm³/mol. The molecule has 21 heavy (non-hydrogen) atoms. The fourth-order valence-corrected chi connectivity index (χ4v) is 3.46.